The van der Waals surface area contributed by atoms with Gasteiger partial charge in [-0.1, -0.05) is 23.2 Å². The van der Waals surface area contributed by atoms with Gasteiger partial charge in [-0.2, -0.15) is 5.10 Å². The van der Waals surface area contributed by atoms with Crippen molar-refractivity contribution in [1.29, 1.82) is 0 Å². The number of aryl methyl sites for hydroxylation is 1. The number of benzene rings is 1. The molecule has 1 heterocycles. The summed E-state index contributed by atoms with van der Waals surface area (Å²) in [4.78, 5) is 0. The van der Waals surface area contributed by atoms with E-state index in [9.17, 15) is 0 Å². The Balaban J connectivity index is 2.27. The van der Waals surface area contributed by atoms with Crippen LogP contribution in [0.15, 0.2) is 30.5 Å². The molecular weight excluding hydrogens is 231 g/mol. The van der Waals surface area contributed by atoms with Gasteiger partial charge in [-0.05, 0) is 36.8 Å². The molecule has 0 saturated carbocycles. The minimum Gasteiger partial charge on any atom is -0.268 e. The maximum Gasteiger partial charge on any atom is 0.0674 e. The zero-order chi connectivity index (χ0) is 10.8. The Morgan fingerprint density at radius 3 is 2.73 bits per heavy atom. The zero-order valence-corrected chi connectivity index (χ0v) is 9.76. The summed E-state index contributed by atoms with van der Waals surface area (Å²) < 4.78 is 1.84. The molecule has 0 spiro atoms. The molecule has 2 aromatic rings. The summed E-state index contributed by atoms with van der Waals surface area (Å²) in [5, 5.41) is 5.70. The Kier molecular flexibility index (Phi) is 2.98. The SMILES string of the molecule is Cc1ccn(Cc2cc(Cl)ccc2Cl)n1. The van der Waals surface area contributed by atoms with Gasteiger partial charge in [-0.15, -0.1) is 0 Å². The fraction of sp³-hybridized carbons (Fsp3) is 0.182. The van der Waals surface area contributed by atoms with Crippen LogP contribution in [-0.2, 0) is 6.54 Å². The minimum atomic E-state index is 0.646. The van der Waals surface area contributed by atoms with Crippen molar-refractivity contribution in [2.75, 3.05) is 0 Å². The smallest absolute Gasteiger partial charge is 0.0674 e. The summed E-state index contributed by atoms with van der Waals surface area (Å²) in [7, 11) is 0. The third kappa shape index (κ3) is 2.52. The monoisotopic (exact) mass is 240 g/mol. The lowest BCUT2D eigenvalue weighted by Crippen LogP contribution is -2.01. The molecule has 4 heteroatoms. The summed E-state index contributed by atoms with van der Waals surface area (Å²) in [6.45, 7) is 2.60. The molecule has 1 aromatic heterocycles. The molecule has 0 atom stereocenters. The first kappa shape index (κ1) is 10.5. The second kappa shape index (κ2) is 4.25. The fourth-order valence-electron chi connectivity index (χ4n) is 1.39. The number of aromatic nitrogens is 2. The molecule has 2 rings (SSSR count). The molecule has 0 amide bonds. The molecule has 0 unspecified atom stereocenters. The third-order valence-electron chi connectivity index (χ3n) is 2.11. The van der Waals surface area contributed by atoms with E-state index in [2.05, 4.69) is 5.10 Å². The molecule has 0 saturated heterocycles. The van der Waals surface area contributed by atoms with Crippen molar-refractivity contribution in [2.45, 2.75) is 13.5 Å². The number of nitrogens with zero attached hydrogens (tertiary/aromatic N) is 2. The van der Waals surface area contributed by atoms with E-state index in [4.69, 9.17) is 23.2 Å². The van der Waals surface area contributed by atoms with Gasteiger partial charge in [0, 0.05) is 16.2 Å². The van der Waals surface area contributed by atoms with Crippen molar-refractivity contribution < 1.29 is 0 Å². The lowest BCUT2D eigenvalue weighted by molar-refractivity contribution is 0.679. The molecule has 15 heavy (non-hydrogen) atoms. The first-order valence-corrected chi connectivity index (χ1v) is 5.35. The largest absolute Gasteiger partial charge is 0.268 e. The van der Waals surface area contributed by atoms with Gasteiger partial charge in [0.25, 0.3) is 0 Å². The summed E-state index contributed by atoms with van der Waals surface area (Å²) in [5.41, 5.74) is 1.97. The highest BCUT2D eigenvalue weighted by Gasteiger charge is 2.03. The van der Waals surface area contributed by atoms with Crippen LogP contribution in [0.4, 0.5) is 0 Å². The second-order valence-electron chi connectivity index (χ2n) is 3.39. The summed E-state index contributed by atoms with van der Waals surface area (Å²) >= 11 is 12.0. The van der Waals surface area contributed by atoms with Gasteiger partial charge >= 0.3 is 0 Å². The molecule has 0 aliphatic carbocycles. The predicted octanol–water partition coefficient (Wildman–Crippen LogP) is 3.55. The number of hydrogen-bond donors (Lipinski definition) is 0. The van der Waals surface area contributed by atoms with E-state index in [0.717, 1.165) is 11.3 Å². The molecule has 2 nitrogen and oxygen atoms in total. The van der Waals surface area contributed by atoms with Gasteiger partial charge in [-0.3, -0.25) is 4.68 Å². The van der Waals surface area contributed by atoms with Crippen LogP contribution in [-0.4, -0.2) is 9.78 Å². The molecule has 78 valence electrons. The normalized spacial score (nSPS) is 10.6. The average Bonchev–Trinajstić information content (AvgIpc) is 2.58. The van der Waals surface area contributed by atoms with Crippen LogP contribution in [0.5, 0.6) is 0 Å². The van der Waals surface area contributed by atoms with E-state index in [1.165, 1.54) is 0 Å². The Hall–Kier alpha value is -0.990. The van der Waals surface area contributed by atoms with Crippen molar-refractivity contribution in [1.82, 2.24) is 9.78 Å². The van der Waals surface area contributed by atoms with E-state index in [1.807, 2.05) is 29.9 Å². The Morgan fingerprint density at radius 2 is 2.07 bits per heavy atom. The fourth-order valence-corrected chi connectivity index (χ4v) is 1.76. The van der Waals surface area contributed by atoms with E-state index >= 15 is 0 Å². The molecule has 0 bridgehead atoms. The van der Waals surface area contributed by atoms with Gasteiger partial charge in [-0.25, -0.2) is 0 Å². The Morgan fingerprint density at radius 1 is 1.27 bits per heavy atom. The first-order valence-electron chi connectivity index (χ1n) is 4.59. The number of rotatable bonds is 2. The predicted molar refractivity (Wildman–Crippen MR) is 62.5 cm³/mol. The number of hydrogen-bond acceptors (Lipinski definition) is 1. The molecule has 0 fully saturated rings. The minimum absolute atomic E-state index is 0.646. The van der Waals surface area contributed by atoms with Crippen molar-refractivity contribution in [3.63, 3.8) is 0 Å². The summed E-state index contributed by atoms with van der Waals surface area (Å²) in [6, 6.07) is 7.40. The van der Waals surface area contributed by atoms with Gasteiger partial charge in [0.2, 0.25) is 0 Å². The van der Waals surface area contributed by atoms with Gasteiger partial charge in [0.15, 0.2) is 0 Å². The summed E-state index contributed by atoms with van der Waals surface area (Å²) in [5.74, 6) is 0. The van der Waals surface area contributed by atoms with Crippen LogP contribution in [0.3, 0.4) is 0 Å². The molecule has 0 N–H and O–H groups in total. The van der Waals surface area contributed by atoms with Crippen LogP contribution in [0, 0.1) is 6.92 Å². The molecule has 0 aliphatic rings. The van der Waals surface area contributed by atoms with E-state index in [0.29, 0.717) is 16.6 Å². The number of halogens is 2. The lowest BCUT2D eigenvalue weighted by Gasteiger charge is -2.04. The van der Waals surface area contributed by atoms with Crippen LogP contribution in [0.25, 0.3) is 0 Å². The van der Waals surface area contributed by atoms with E-state index < -0.39 is 0 Å². The van der Waals surface area contributed by atoms with Crippen LogP contribution >= 0.6 is 23.2 Å². The van der Waals surface area contributed by atoms with Gasteiger partial charge in [0.1, 0.15) is 0 Å². The zero-order valence-electron chi connectivity index (χ0n) is 8.24. The lowest BCUT2D eigenvalue weighted by atomic mass is 10.2. The quantitative estimate of drug-likeness (QED) is 0.786. The topological polar surface area (TPSA) is 17.8 Å². The highest BCUT2D eigenvalue weighted by Crippen LogP contribution is 2.21. The first-order chi connectivity index (χ1) is 7.15. The second-order valence-corrected chi connectivity index (χ2v) is 4.23. The standard InChI is InChI=1S/C11H10Cl2N2/c1-8-4-5-15(14-8)7-9-6-10(12)2-3-11(9)13/h2-6H,7H2,1H3. The Bertz CT molecular complexity index is 477. The van der Waals surface area contributed by atoms with Crippen LogP contribution in [0.1, 0.15) is 11.3 Å². The summed E-state index contributed by atoms with van der Waals surface area (Å²) in [6.07, 6.45) is 1.92. The van der Waals surface area contributed by atoms with E-state index in [-0.39, 0.29) is 0 Å². The Labute approximate surface area is 98.4 Å². The van der Waals surface area contributed by atoms with Crippen LogP contribution in [0.2, 0.25) is 10.0 Å². The van der Waals surface area contributed by atoms with Crippen molar-refractivity contribution in [3.8, 4) is 0 Å². The maximum absolute atomic E-state index is 6.05. The average molecular weight is 241 g/mol. The van der Waals surface area contributed by atoms with Crippen molar-refractivity contribution in [2.24, 2.45) is 0 Å². The highest BCUT2D eigenvalue weighted by molar-refractivity contribution is 6.33. The van der Waals surface area contributed by atoms with E-state index in [1.54, 1.807) is 12.1 Å². The highest BCUT2D eigenvalue weighted by atomic mass is 35.5. The molecular formula is C11H10Cl2N2. The van der Waals surface area contributed by atoms with Gasteiger partial charge in [0.05, 0.1) is 12.2 Å². The van der Waals surface area contributed by atoms with Gasteiger partial charge < -0.3 is 0 Å². The molecule has 1 aromatic carbocycles. The molecule has 0 radical (unpaired) electrons. The maximum atomic E-state index is 6.05. The third-order valence-corrected chi connectivity index (χ3v) is 2.72. The van der Waals surface area contributed by atoms with Crippen molar-refractivity contribution in [3.05, 3.63) is 51.8 Å². The van der Waals surface area contributed by atoms with Crippen molar-refractivity contribution >= 4 is 23.2 Å². The van der Waals surface area contributed by atoms with Crippen LogP contribution < -0.4 is 0 Å². The molecule has 0 aliphatic heterocycles.